The van der Waals surface area contributed by atoms with Gasteiger partial charge in [-0.25, -0.2) is 0 Å². The summed E-state index contributed by atoms with van der Waals surface area (Å²) in [5.74, 6) is -2.33. The van der Waals surface area contributed by atoms with E-state index < -0.39 is 48.0 Å². The van der Waals surface area contributed by atoms with Gasteiger partial charge in [-0.1, -0.05) is 57.1 Å². The van der Waals surface area contributed by atoms with Crippen molar-refractivity contribution in [1.29, 1.82) is 0 Å². The number of primary amides is 1. The van der Waals surface area contributed by atoms with E-state index in [1.807, 2.05) is 19.0 Å². The van der Waals surface area contributed by atoms with Gasteiger partial charge in [-0.3, -0.25) is 24.0 Å². The molecule has 0 spiro atoms. The minimum absolute atomic E-state index is 0.0175. The summed E-state index contributed by atoms with van der Waals surface area (Å²) in [5, 5.41) is 10.9. The Morgan fingerprint density at radius 1 is 0.953 bits per heavy atom. The number of benzene rings is 1. The van der Waals surface area contributed by atoms with E-state index in [9.17, 15) is 24.0 Å². The third-order valence-corrected chi connectivity index (χ3v) is 7.21. The van der Waals surface area contributed by atoms with Crippen molar-refractivity contribution in [2.75, 3.05) is 40.3 Å². The van der Waals surface area contributed by atoms with Gasteiger partial charge in [0.15, 0.2) is 0 Å². The molecule has 0 bridgehead atoms. The number of amides is 5. The summed E-state index contributed by atoms with van der Waals surface area (Å²) in [6.07, 6.45) is 8.82. The number of carbonyl (C=O) groups excluding carboxylic acids is 5. The largest absolute Gasteiger partial charge is 0.493 e. The van der Waals surface area contributed by atoms with Crippen molar-refractivity contribution < 1.29 is 28.7 Å². The number of para-hydroxylation sites is 1. The van der Waals surface area contributed by atoms with Gasteiger partial charge in [0.2, 0.25) is 23.6 Å². The highest BCUT2D eigenvalue weighted by atomic mass is 16.5. The molecule has 1 aliphatic rings. The van der Waals surface area contributed by atoms with Gasteiger partial charge in [0, 0.05) is 26.1 Å². The molecule has 2 atom stereocenters. The zero-order valence-corrected chi connectivity index (χ0v) is 25.8. The van der Waals surface area contributed by atoms with Crippen LogP contribution in [0, 0.1) is 0 Å². The summed E-state index contributed by atoms with van der Waals surface area (Å²) in [6, 6.07) is 4.56. The predicted octanol–water partition coefficient (Wildman–Crippen LogP) is 1.62. The number of hydrogen-bond donors (Lipinski definition) is 5. The summed E-state index contributed by atoms with van der Waals surface area (Å²) < 4.78 is 5.94. The maximum absolute atomic E-state index is 13.4. The van der Waals surface area contributed by atoms with Crippen molar-refractivity contribution in [1.82, 2.24) is 26.2 Å². The molecule has 0 saturated carbocycles. The lowest BCUT2D eigenvalue weighted by molar-refractivity contribution is -0.131. The van der Waals surface area contributed by atoms with E-state index in [1.165, 1.54) is 0 Å². The van der Waals surface area contributed by atoms with Gasteiger partial charge < -0.3 is 36.6 Å². The highest BCUT2D eigenvalue weighted by Gasteiger charge is 2.28. The van der Waals surface area contributed by atoms with Crippen molar-refractivity contribution in [3.05, 3.63) is 29.8 Å². The normalized spacial score (nSPS) is 20.5. The van der Waals surface area contributed by atoms with Crippen LogP contribution in [0.1, 0.15) is 87.4 Å². The van der Waals surface area contributed by atoms with Crippen molar-refractivity contribution in [2.45, 2.75) is 89.1 Å². The lowest BCUT2D eigenvalue weighted by Crippen LogP contribution is -2.52. The molecule has 1 aliphatic heterocycles. The van der Waals surface area contributed by atoms with Crippen LogP contribution in [0.3, 0.4) is 0 Å². The minimum Gasteiger partial charge on any atom is -0.493 e. The molecular weight excluding hydrogens is 552 g/mol. The van der Waals surface area contributed by atoms with E-state index in [0.717, 1.165) is 57.8 Å². The average Bonchev–Trinajstić information content (AvgIpc) is 2.96. The fourth-order valence-electron chi connectivity index (χ4n) is 4.73. The van der Waals surface area contributed by atoms with Gasteiger partial charge in [-0.2, -0.15) is 0 Å². The van der Waals surface area contributed by atoms with E-state index in [4.69, 9.17) is 10.5 Å². The molecule has 0 aliphatic carbocycles. The smallest absolute Gasteiger partial charge is 0.255 e. The number of likely N-dealkylation sites (N-methyl/N-ethyl adjacent to an activating group) is 1. The van der Waals surface area contributed by atoms with Crippen LogP contribution in [0.5, 0.6) is 5.75 Å². The molecular formula is C31H50N6O6. The van der Waals surface area contributed by atoms with Crippen LogP contribution in [-0.2, 0) is 19.2 Å². The fourth-order valence-corrected chi connectivity index (χ4v) is 4.73. The Balaban J connectivity index is 2.24. The molecule has 12 nitrogen and oxygen atoms in total. The number of fused-ring (bicyclic) bond motifs is 1. The SMILES string of the molecule is CN(C)CCNC(=O)[C@@H]1CC(=O)N[C@@H](CCC(N)=O)C(=O)NCCCCCCCCCCCOc2ccccc2C(=O)N1. The quantitative estimate of drug-likeness (QED) is 0.316. The Kier molecular flexibility index (Phi) is 16.7. The molecule has 2 rings (SSSR count). The summed E-state index contributed by atoms with van der Waals surface area (Å²) in [6.45, 7) is 1.79. The van der Waals surface area contributed by atoms with Crippen LogP contribution < -0.4 is 31.7 Å². The molecule has 0 fully saturated rings. The Morgan fingerprint density at radius 3 is 2.28 bits per heavy atom. The molecule has 1 heterocycles. The maximum atomic E-state index is 13.4. The topological polar surface area (TPSA) is 172 Å². The Hall–Kier alpha value is -3.67. The third kappa shape index (κ3) is 14.9. The molecule has 1 aromatic carbocycles. The Morgan fingerprint density at radius 2 is 1.60 bits per heavy atom. The van der Waals surface area contributed by atoms with E-state index >= 15 is 0 Å². The number of nitrogens with zero attached hydrogens (tertiary/aromatic N) is 1. The number of hydrogen-bond acceptors (Lipinski definition) is 7. The van der Waals surface area contributed by atoms with E-state index in [1.54, 1.807) is 24.3 Å². The van der Waals surface area contributed by atoms with Crippen molar-refractivity contribution >= 4 is 29.5 Å². The minimum atomic E-state index is -1.22. The first kappa shape index (κ1) is 35.5. The van der Waals surface area contributed by atoms with Crippen molar-refractivity contribution in [3.8, 4) is 5.75 Å². The third-order valence-electron chi connectivity index (χ3n) is 7.21. The van der Waals surface area contributed by atoms with Gasteiger partial charge in [-0.15, -0.1) is 0 Å². The van der Waals surface area contributed by atoms with Gasteiger partial charge in [0.25, 0.3) is 5.91 Å². The molecule has 0 aromatic heterocycles. The molecule has 12 heteroatoms. The molecule has 240 valence electrons. The molecule has 0 saturated heterocycles. The predicted molar refractivity (Wildman–Crippen MR) is 164 cm³/mol. The summed E-state index contributed by atoms with van der Waals surface area (Å²) in [4.78, 5) is 65.9. The van der Waals surface area contributed by atoms with Gasteiger partial charge in [0.1, 0.15) is 17.8 Å². The first-order valence-electron chi connectivity index (χ1n) is 15.5. The van der Waals surface area contributed by atoms with Crippen LogP contribution >= 0.6 is 0 Å². The highest BCUT2D eigenvalue weighted by molar-refractivity contribution is 6.01. The summed E-state index contributed by atoms with van der Waals surface area (Å²) >= 11 is 0. The van der Waals surface area contributed by atoms with Crippen molar-refractivity contribution in [3.63, 3.8) is 0 Å². The molecule has 5 amide bonds. The number of nitrogens with two attached hydrogens (primary N) is 1. The molecule has 0 unspecified atom stereocenters. The fraction of sp³-hybridized carbons (Fsp3) is 0.645. The number of rotatable bonds is 7. The number of carbonyl (C=O) groups is 5. The van der Waals surface area contributed by atoms with Gasteiger partial charge >= 0.3 is 0 Å². The van der Waals surface area contributed by atoms with Crippen molar-refractivity contribution in [2.24, 2.45) is 5.73 Å². The number of ether oxygens (including phenoxy) is 1. The standard InChI is InChI=1S/C31H50N6O6/c1-37(2)20-19-34-31(42)25-22-28(39)35-24(16-17-27(32)38)30(41)33-18-12-8-6-4-3-5-7-9-13-21-43-26-15-11-10-14-23(26)29(40)36-25/h10-11,14-15,24-25H,3-9,12-13,16-22H2,1-2H3,(H2,32,38)(H,33,41)(H,34,42)(H,35,39)(H,36,40)/t24-,25-/m0/s1. The van der Waals surface area contributed by atoms with Crippen LogP contribution in [0.25, 0.3) is 0 Å². The maximum Gasteiger partial charge on any atom is 0.255 e. The first-order chi connectivity index (χ1) is 20.7. The summed E-state index contributed by atoms with van der Waals surface area (Å²) in [7, 11) is 3.72. The second-order valence-corrected chi connectivity index (χ2v) is 11.3. The van der Waals surface area contributed by atoms with E-state index in [2.05, 4.69) is 21.3 Å². The lowest BCUT2D eigenvalue weighted by Gasteiger charge is -2.22. The Labute approximate surface area is 255 Å². The molecule has 1 aromatic rings. The van der Waals surface area contributed by atoms with Crippen LogP contribution in [0.15, 0.2) is 24.3 Å². The van der Waals surface area contributed by atoms with Gasteiger partial charge in [0.05, 0.1) is 18.6 Å². The number of nitrogens with one attached hydrogen (secondary N) is 4. The monoisotopic (exact) mass is 602 g/mol. The van der Waals surface area contributed by atoms with E-state index in [0.29, 0.717) is 32.0 Å². The second kappa shape index (κ2) is 20.3. The zero-order valence-electron chi connectivity index (χ0n) is 25.8. The highest BCUT2D eigenvalue weighted by Crippen LogP contribution is 2.19. The lowest BCUT2D eigenvalue weighted by atomic mass is 10.1. The molecule has 43 heavy (non-hydrogen) atoms. The van der Waals surface area contributed by atoms with E-state index in [-0.39, 0.29) is 18.4 Å². The second-order valence-electron chi connectivity index (χ2n) is 11.3. The zero-order chi connectivity index (χ0) is 31.5. The average molecular weight is 603 g/mol. The molecule has 6 N–H and O–H groups in total. The van der Waals surface area contributed by atoms with Gasteiger partial charge in [-0.05, 0) is 45.5 Å². The van der Waals surface area contributed by atoms with Crippen LogP contribution in [-0.4, -0.2) is 86.9 Å². The Bertz CT molecular complexity index is 1050. The molecule has 0 radical (unpaired) electrons. The van der Waals surface area contributed by atoms with Crippen LogP contribution in [0.4, 0.5) is 0 Å². The van der Waals surface area contributed by atoms with Crippen LogP contribution in [0.2, 0.25) is 0 Å². The summed E-state index contributed by atoms with van der Waals surface area (Å²) in [5.41, 5.74) is 5.56. The first-order valence-corrected chi connectivity index (χ1v) is 15.5.